The van der Waals surface area contributed by atoms with E-state index in [1.165, 1.54) is 0 Å². The first-order chi connectivity index (χ1) is 12.8. The minimum atomic E-state index is -0.467. The van der Waals surface area contributed by atoms with Crippen LogP contribution in [-0.2, 0) is 14.3 Å². The van der Waals surface area contributed by atoms with Gasteiger partial charge in [-0.05, 0) is 58.4 Å². The molecule has 0 aromatic rings. The Kier molecular flexibility index (Phi) is 13.2. The van der Waals surface area contributed by atoms with E-state index in [4.69, 9.17) is 10.5 Å². The third-order valence-corrected chi connectivity index (χ3v) is 4.91. The van der Waals surface area contributed by atoms with Crippen LogP contribution >= 0.6 is 0 Å². The fourth-order valence-corrected chi connectivity index (χ4v) is 3.22. The molecule has 0 aromatic carbocycles. The maximum absolute atomic E-state index is 12.0. The van der Waals surface area contributed by atoms with Gasteiger partial charge in [-0.1, -0.05) is 55.4 Å². The SMILES string of the molecule is CC(C)(C)OCCC(C)(C)C(N)=O.CNC(CC(C)(C)CC(C)C)C(=O)C(C)C. The van der Waals surface area contributed by atoms with Crippen LogP contribution in [0.3, 0.4) is 0 Å². The lowest BCUT2D eigenvalue weighted by Crippen LogP contribution is -2.40. The standard InChI is InChI=1S/C14H29NO.C10H21NO2/c1-10(2)8-14(5,6)9-12(15-7)13(16)11(3)4;1-9(2,3)13-7-6-10(4,5)8(11)12/h10-12,15H,8-9H2,1-7H3;6-7H2,1-5H3,(H2,11,12). The van der Waals surface area contributed by atoms with Gasteiger partial charge in [0, 0.05) is 17.9 Å². The van der Waals surface area contributed by atoms with Crippen molar-refractivity contribution in [3.05, 3.63) is 0 Å². The Bertz CT molecular complexity index is 489. The summed E-state index contributed by atoms with van der Waals surface area (Å²) in [5, 5.41) is 3.16. The predicted octanol–water partition coefficient (Wildman–Crippen LogP) is 4.97. The zero-order chi connectivity index (χ0) is 23.6. The lowest BCUT2D eigenvalue weighted by Gasteiger charge is -2.31. The number of ketones is 1. The number of amides is 1. The Labute approximate surface area is 180 Å². The highest BCUT2D eigenvalue weighted by atomic mass is 16.5. The molecule has 0 rings (SSSR count). The van der Waals surface area contributed by atoms with Crippen LogP contribution < -0.4 is 11.1 Å². The minimum Gasteiger partial charge on any atom is -0.376 e. The molecule has 29 heavy (non-hydrogen) atoms. The number of nitrogens with one attached hydrogen (secondary N) is 1. The topological polar surface area (TPSA) is 81.4 Å². The van der Waals surface area contributed by atoms with Gasteiger partial charge in [-0.3, -0.25) is 9.59 Å². The van der Waals surface area contributed by atoms with Gasteiger partial charge < -0.3 is 15.8 Å². The lowest BCUT2D eigenvalue weighted by molar-refractivity contribution is -0.127. The second-order valence-electron chi connectivity index (χ2n) is 11.3. The highest BCUT2D eigenvalue weighted by Gasteiger charge is 2.28. The number of primary amides is 1. The van der Waals surface area contributed by atoms with Crippen LogP contribution in [0.4, 0.5) is 0 Å². The summed E-state index contributed by atoms with van der Waals surface area (Å²) in [5.41, 5.74) is 4.84. The molecular weight excluding hydrogens is 364 g/mol. The first-order valence-electron chi connectivity index (χ1n) is 11.0. The van der Waals surface area contributed by atoms with E-state index in [-0.39, 0.29) is 28.9 Å². The van der Waals surface area contributed by atoms with E-state index in [9.17, 15) is 9.59 Å². The summed E-state index contributed by atoms with van der Waals surface area (Å²) in [4.78, 5) is 22.9. The maximum Gasteiger partial charge on any atom is 0.223 e. The van der Waals surface area contributed by atoms with Crippen molar-refractivity contribution >= 4 is 11.7 Å². The van der Waals surface area contributed by atoms with Crippen molar-refractivity contribution in [2.75, 3.05) is 13.7 Å². The van der Waals surface area contributed by atoms with Gasteiger partial charge in [0.1, 0.15) is 0 Å². The Morgan fingerprint density at radius 1 is 0.931 bits per heavy atom. The first-order valence-corrected chi connectivity index (χ1v) is 11.0. The highest BCUT2D eigenvalue weighted by Crippen LogP contribution is 2.31. The van der Waals surface area contributed by atoms with Crippen molar-refractivity contribution in [2.45, 2.75) is 107 Å². The minimum absolute atomic E-state index is 0.00810. The average Bonchev–Trinajstić information content (AvgIpc) is 2.49. The van der Waals surface area contributed by atoms with Gasteiger partial charge in [0.05, 0.1) is 11.6 Å². The fourth-order valence-electron chi connectivity index (χ4n) is 3.22. The van der Waals surface area contributed by atoms with E-state index in [0.29, 0.717) is 24.7 Å². The normalized spacial score (nSPS) is 13.9. The molecule has 1 atom stereocenters. The molecule has 1 unspecified atom stereocenters. The number of Topliss-reactive ketones (excluding diaryl/α,β-unsaturated/α-hetero) is 1. The number of carbonyl (C=O) groups excluding carboxylic acids is 2. The number of rotatable bonds is 11. The van der Waals surface area contributed by atoms with Crippen molar-refractivity contribution < 1.29 is 14.3 Å². The van der Waals surface area contributed by atoms with Gasteiger partial charge in [-0.15, -0.1) is 0 Å². The van der Waals surface area contributed by atoms with Crippen LogP contribution in [0.1, 0.15) is 95.4 Å². The van der Waals surface area contributed by atoms with Crippen molar-refractivity contribution in [3.63, 3.8) is 0 Å². The molecule has 0 saturated heterocycles. The zero-order valence-corrected chi connectivity index (χ0v) is 21.4. The molecule has 3 N–H and O–H groups in total. The average molecular weight is 415 g/mol. The predicted molar refractivity (Wildman–Crippen MR) is 124 cm³/mol. The highest BCUT2D eigenvalue weighted by molar-refractivity contribution is 5.85. The Hall–Kier alpha value is -0.940. The van der Waals surface area contributed by atoms with Gasteiger partial charge in [-0.2, -0.15) is 0 Å². The second kappa shape index (κ2) is 12.7. The number of likely N-dealkylation sites (N-methyl/N-ethyl adjacent to an activating group) is 1. The Balaban J connectivity index is 0. The van der Waals surface area contributed by atoms with Crippen molar-refractivity contribution in [1.29, 1.82) is 0 Å². The third-order valence-electron chi connectivity index (χ3n) is 4.91. The molecule has 0 radical (unpaired) electrons. The summed E-state index contributed by atoms with van der Waals surface area (Å²) in [6.45, 7) is 23.1. The van der Waals surface area contributed by atoms with E-state index in [2.05, 4.69) is 33.0 Å². The molecule has 0 aliphatic carbocycles. The molecule has 5 nitrogen and oxygen atoms in total. The first kappa shape index (κ1) is 30.3. The summed E-state index contributed by atoms with van der Waals surface area (Å²) < 4.78 is 5.51. The van der Waals surface area contributed by atoms with Crippen molar-refractivity contribution in [3.8, 4) is 0 Å². The Morgan fingerprint density at radius 2 is 1.41 bits per heavy atom. The molecular formula is C24H50N2O3. The Morgan fingerprint density at radius 3 is 1.72 bits per heavy atom. The number of carbonyl (C=O) groups is 2. The van der Waals surface area contributed by atoms with Crippen molar-refractivity contribution in [2.24, 2.45) is 28.4 Å². The van der Waals surface area contributed by atoms with Crippen LogP contribution in [0.2, 0.25) is 0 Å². The van der Waals surface area contributed by atoms with E-state index in [1.54, 1.807) is 0 Å². The second-order valence-corrected chi connectivity index (χ2v) is 11.3. The number of hydrogen-bond donors (Lipinski definition) is 2. The van der Waals surface area contributed by atoms with Crippen LogP contribution in [0.25, 0.3) is 0 Å². The molecule has 0 spiro atoms. The molecule has 174 valence electrons. The quantitative estimate of drug-likeness (QED) is 0.500. The molecule has 1 amide bonds. The van der Waals surface area contributed by atoms with Crippen LogP contribution in [0.15, 0.2) is 0 Å². The maximum atomic E-state index is 12.0. The summed E-state index contributed by atoms with van der Waals surface area (Å²) in [5.74, 6) is 0.860. The number of hydrogen-bond acceptors (Lipinski definition) is 4. The van der Waals surface area contributed by atoms with E-state index < -0.39 is 5.41 Å². The summed E-state index contributed by atoms with van der Waals surface area (Å²) in [7, 11) is 1.89. The molecule has 0 aliphatic heterocycles. The largest absolute Gasteiger partial charge is 0.376 e. The third kappa shape index (κ3) is 15.5. The molecule has 0 aliphatic rings. The van der Waals surface area contributed by atoms with E-state index >= 15 is 0 Å². The molecule has 0 aromatic heterocycles. The van der Waals surface area contributed by atoms with Gasteiger partial charge >= 0.3 is 0 Å². The molecule has 0 saturated carbocycles. The van der Waals surface area contributed by atoms with Crippen LogP contribution in [0, 0.1) is 22.7 Å². The van der Waals surface area contributed by atoms with Gasteiger partial charge in [0.15, 0.2) is 5.78 Å². The number of nitrogens with two attached hydrogens (primary N) is 1. The lowest BCUT2D eigenvalue weighted by atomic mass is 9.77. The summed E-state index contributed by atoms with van der Waals surface area (Å²) in [6.07, 6.45) is 2.76. The van der Waals surface area contributed by atoms with E-state index in [1.807, 2.05) is 55.5 Å². The van der Waals surface area contributed by atoms with E-state index in [0.717, 1.165) is 12.8 Å². The zero-order valence-electron chi connectivity index (χ0n) is 21.4. The summed E-state index contributed by atoms with van der Waals surface area (Å²) >= 11 is 0. The number of ether oxygens (including phenoxy) is 1. The van der Waals surface area contributed by atoms with Crippen molar-refractivity contribution in [1.82, 2.24) is 5.32 Å². The molecule has 0 heterocycles. The molecule has 5 heteroatoms. The molecule has 0 bridgehead atoms. The summed E-state index contributed by atoms with van der Waals surface area (Å²) in [6, 6.07) is 0.00810. The smallest absolute Gasteiger partial charge is 0.223 e. The van der Waals surface area contributed by atoms with Gasteiger partial charge in [0.2, 0.25) is 5.91 Å². The molecule has 0 fully saturated rings. The fraction of sp³-hybridized carbons (Fsp3) is 0.917. The van der Waals surface area contributed by atoms with Gasteiger partial charge in [0.25, 0.3) is 0 Å². The van der Waals surface area contributed by atoms with Gasteiger partial charge in [-0.25, -0.2) is 0 Å². The van der Waals surface area contributed by atoms with Crippen LogP contribution in [0.5, 0.6) is 0 Å². The monoisotopic (exact) mass is 414 g/mol. The van der Waals surface area contributed by atoms with Crippen LogP contribution in [-0.4, -0.2) is 37.0 Å².